The zero-order valence-electron chi connectivity index (χ0n) is 48.5. The Morgan fingerprint density at radius 2 is 1.04 bits per heavy atom. The number of hydroxylamine groups is 4. The van der Waals surface area contributed by atoms with Gasteiger partial charge in [0.2, 0.25) is 31.4 Å². The highest BCUT2D eigenvalue weighted by Gasteiger charge is 2.33. The molecule has 0 aliphatic rings. The Hall–Kier alpha value is -7.09. The quantitative estimate of drug-likeness (QED) is 0.00417. The van der Waals surface area contributed by atoms with Gasteiger partial charge in [-0.05, 0) is 114 Å². The maximum atomic E-state index is 13.0. The Bertz CT molecular complexity index is 2860. The van der Waals surface area contributed by atoms with Gasteiger partial charge in [0.05, 0.1) is 67.2 Å². The van der Waals surface area contributed by atoms with Gasteiger partial charge in [0.25, 0.3) is 11.8 Å². The summed E-state index contributed by atoms with van der Waals surface area (Å²) in [5, 5.41) is 30.8. The van der Waals surface area contributed by atoms with Gasteiger partial charge in [-0.25, -0.2) is 14.9 Å². The number of ether oxygens (including phenoxy) is 4. The summed E-state index contributed by atoms with van der Waals surface area (Å²) in [6, 6.07) is 12.5. The minimum atomic E-state index is -4.57. The Labute approximate surface area is 487 Å². The molecular weight excluding hydrogens is 1140 g/mol. The van der Waals surface area contributed by atoms with Crippen LogP contribution in [0.2, 0.25) is 0 Å². The average Bonchev–Trinajstić information content (AvgIpc) is 4.25. The van der Waals surface area contributed by atoms with E-state index >= 15 is 0 Å². The summed E-state index contributed by atoms with van der Waals surface area (Å²) in [5.74, 6) is -2.84. The van der Waals surface area contributed by atoms with Gasteiger partial charge in [-0.15, -0.1) is 0 Å². The van der Waals surface area contributed by atoms with Crippen LogP contribution in [0, 0.1) is 11.8 Å². The van der Waals surface area contributed by atoms with Crippen molar-refractivity contribution in [1.82, 2.24) is 31.4 Å². The molecule has 0 saturated carbocycles. The number of nitrogens with zero attached hydrogens (tertiary/aromatic N) is 2. The van der Waals surface area contributed by atoms with Gasteiger partial charge < -0.3 is 63.7 Å². The van der Waals surface area contributed by atoms with Crippen LogP contribution in [0.5, 0.6) is 11.5 Å². The molecule has 0 saturated heterocycles. The van der Waals surface area contributed by atoms with Gasteiger partial charge in [-0.2, -0.15) is 0 Å². The van der Waals surface area contributed by atoms with Crippen molar-refractivity contribution in [1.29, 1.82) is 0 Å². The zero-order chi connectivity index (χ0) is 62.6. The molecule has 29 heteroatoms. The van der Waals surface area contributed by atoms with E-state index in [2.05, 4.69) is 26.0 Å². The standard InChI is InChI=1S/C30H44N3O12P.C25H36N3O9P/c1-6-9-10-11-24(25(7-2)33(38)18-34)28(35)31-17-32-29(36)27-13-12-26(45-27)21-14-22(41-8-3)16-23(15-21)46(39,40)43-19-42-30(37)44-20(4)5;1-4-7-8-9-20(21(5-2)28(32)16-29)24(30)26-15-27-25(31)23-11-10-22(37-23)17-12-18(36-6-3)14-19(13-17)38(33,34)35/h12-16,18,20,24-25,38H,6-11,17,19H2,1-5H3,(H,31,35)(H,32,36)(H,39,40);10-14,16,20-21,32H,4-9,15H2,1-3H3,(H,26,30)(H,27,31)(H2,33,34,35). The summed E-state index contributed by atoms with van der Waals surface area (Å²) >= 11 is 0. The third kappa shape index (κ3) is 22.8. The summed E-state index contributed by atoms with van der Waals surface area (Å²) in [6.45, 7) is 13.5. The van der Waals surface area contributed by atoms with Crippen molar-refractivity contribution in [3.8, 4) is 34.1 Å². The third-order valence-corrected chi connectivity index (χ3v) is 14.9. The van der Waals surface area contributed by atoms with Crippen LogP contribution in [-0.4, -0.2) is 129 Å². The van der Waals surface area contributed by atoms with Crippen LogP contribution in [-0.2, 0) is 42.3 Å². The maximum absolute atomic E-state index is 13.0. The molecule has 0 fully saturated rings. The maximum Gasteiger partial charge on any atom is 0.510 e. The van der Waals surface area contributed by atoms with Crippen molar-refractivity contribution in [2.45, 2.75) is 138 Å². The number of rotatable bonds is 36. The van der Waals surface area contributed by atoms with Crippen molar-refractivity contribution in [3.63, 3.8) is 0 Å². The molecule has 2 aromatic heterocycles. The van der Waals surface area contributed by atoms with Crippen LogP contribution < -0.4 is 41.3 Å². The highest BCUT2D eigenvalue weighted by Crippen LogP contribution is 2.43. The van der Waals surface area contributed by atoms with Crippen molar-refractivity contribution in [2.24, 2.45) is 11.8 Å². The first kappa shape index (κ1) is 71.2. The molecular formula is C55H80N6O21P2. The van der Waals surface area contributed by atoms with Crippen molar-refractivity contribution in [2.75, 3.05) is 33.3 Å². The van der Waals surface area contributed by atoms with E-state index in [-0.39, 0.29) is 90.1 Å². The van der Waals surface area contributed by atoms with E-state index in [0.29, 0.717) is 41.4 Å². The number of carbonyl (C=O) groups is 7. The van der Waals surface area contributed by atoms with E-state index in [1.165, 1.54) is 60.7 Å². The largest absolute Gasteiger partial charge is 0.510 e. The molecule has 5 atom stereocenters. The first-order chi connectivity index (χ1) is 39.9. The molecule has 0 spiro atoms. The fraction of sp³-hybridized carbons (Fsp3) is 0.509. The van der Waals surface area contributed by atoms with E-state index < -0.39 is 81.8 Å². The minimum Gasteiger partial charge on any atom is -0.494 e. The molecule has 9 N–H and O–H groups in total. The normalized spacial score (nSPS) is 13.3. The third-order valence-electron chi connectivity index (χ3n) is 12.6. The minimum absolute atomic E-state index is 0.0813. The van der Waals surface area contributed by atoms with Crippen LogP contribution >= 0.6 is 15.2 Å². The lowest BCUT2D eigenvalue weighted by atomic mass is 9.90. The molecule has 27 nitrogen and oxygen atoms in total. The van der Waals surface area contributed by atoms with Gasteiger partial charge >= 0.3 is 21.3 Å². The van der Waals surface area contributed by atoms with Gasteiger partial charge in [0, 0.05) is 11.1 Å². The van der Waals surface area contributed by atoms with Crippen LogP contribution in [0.4, 0.5) is 4.79 Å². The fourth-order valence-corrected chi connectivity index (χ4v) is 10.1. The number of carbonyl (C=O) groups excluding carboxylic acids is 7. The molecule has 2 heterocycles. The molecule has 2 aromatic carbocycles. The summed E-state index contributed by atoms with van der Waals surface area (Å²) in [5.41, 5.74) is 0.599. The Morgan fingerprint density at radius 1 is 0.607 bits per heavy atom. The van der Waals surface area contributed by atoms with Crippen LogP contribution in [0.15, 0.2) is 69.5 Å². The van der Waals surface area contributed by atoms with Crippen molar-refractivity contribution in [3.05, 3.63) is 72.2 Å². The number of furan rings is 2. The molecule has 466 valence electrons. The molecule has 4 rings (SSSR count). The molecule has 6 amide bonds. The predicted molar refractivity (Wildman–Crippen MR) is 304 cm³/mol. The van der Waals surface area contributed by atoms with Crippen molar-refractivity contribution >= 4 is 68.4 Å². The lowest BCUT2D eigenvalue weighted by Gasteiger charge is -2.29. The predicted octanol–water partition coefficient (Wildman–Crippen LogP) is 7.09. The Kier molecular flexibility index (Phi) is 30.4. The molecule has 84 heavy (non-hydrogen) atoms. The fourth-order valence-electron chi connectivity index (χ4n) is 8.51. The van der Waals surface area contributed by atoms with Gasteiger partial charge in [-0.1, -0.05) is 66.2 Å². The summed E-state index contributed by atoms with van der Waals surface area (Å²) in [4.78, 5) is 115. The number of nitrogens with one attached hydrogen (secondary N) is 4. The zero-order valence-corrected chi connectivity index (χ0v) is 50.3. The van der Waals surface area contributed by atoms with E-state index in [0.717, 1.165) is 38.5 Å². The monoisotopic (exact) mass is 1220 g/mol. The van der Waals surface area contributed by atoms with Gasteiger partial charge in [-0.3, -0.25) is 52.8 Å². The number of hydrogen-bond donors (Lipinski definition) is 9. The molecule has 0 aliphatic heterocycles. The number of benzene rings is 2. The highest BCUT2D eigenvalue weighted by atomic mass is 31.2. The number of amides is 6. The highest BCUT2D eigenvalue weighted by molar-refractivity contribution is 7.61. The molecule has 5 unspecified atom stereocenters. The smallest absolute Gasteiger partial charge is 0.494 e. The first-order valence-corrected chi connectivity index (χ1v) is 30.7. The van der Waals surface area contributed by atoms with Crippen LogP contribution in [0.25, 0.3) is 22.6 Å². The van der Waals surface area contributed by atoms with E-state index in [4.69, 9.17) is 27.6 Å². The lowest BCUT2D eigenvalue weighted by Crippen LogP contribution is -2.47. The van der Waals surface area contributed by atoms with Gasteiger partial charge in [0.15, 0.2) is 11.5 Å². The molecule has 0 bridgehead atoms. The molecule has 0 radical (unpaired) electrons. The van der Waals surface area contributed by atoms with Crippen LogP contribution in [0.3, 0.4) is 0 Å². The molecule has 4 aromatic rings. The summed E-state index contributed by atoms with van der Waals surface area (Å²) in [7, 11) is -9.08. The topological polar surface area (TPSA) is 382 Å². The second-order valence-electron chi connectivity index (χ2n) is 19.1. The SMILES string of the molecule is CCCCCC(C(=O)NCNC(=O)c1ccc(-c2cc(OCC)cc(P(=O)(O)O)c2)o1)C(CC)N(O)C=O.CCCCCC(C(=O)NCNC(=O)c1ccc(-c2cc(OCC)cc(P(=O)(O)OCOC(=O)OC(C)C)c2)o1)C(CC)N(O)C=O. The molecule has 0 aliphatic carbocycles. The van der Waals surface area contributed by atoms with E-state index in [1.807, 2.05) is 13.8 Å². The first-order valence-electron chi connectivity index (χ1n) is 27.5. The van der Waals surface area contributed by atoms with Crippen LogP contribution in [0.1, 0.15) is 141 Å². The van der Waals surface area contributed by atoms with E-state index in [1.54, 1.807) is 41.5 Å². The lowest BCUT2D eigenvalue weighted by molar-refractivity contribution is -0.169. The van der Waals surface area contributed by atoms with E-state index in [9.17, 15) is 67.8 Å². The second kappa shape index (κ2) is 35.9. The summed E-state index contributed by atoms with van der Waals surface area (Å²) < 4.78 is 61.4. The Morgan fingerprint density at radius 3 is 1.42 bits per heavy atom. The van der Waals surface area contributed by atoms with Crippen molar-refractivity contribution < 1.29 is 100 Å². The average molecular weight is 1220 g/mol. The number of unbranched alkanes of at least 4 members (excludes halogenated alkanes) is 4. The summed E-state index contributed by atoms with van der Waals surface area (Å²) in [6.07, 6.45) is 5.79. The second-order valence-corrected chi connectivity index (χ2v) is 22.5. The van der Waals surface area contributed by atoms with Gasteiger partial charge in [0.1, 0.15) is 23.0 Å². The Balaban J connectivity index is 0.000000448. The number of hydrogen-bond acceptors (Lipinski definition) is 18.